The first-order valence-electron chi connectivity index (χ1n) is 22.6. The van der Waals surface area contributed by atoms with Gasteiger partial charge < -0.3 is 42.5 Å². The van der Waals surface area contributed by atoms with Crippen LogP contribution >= 0.6 is 0 Å². The van der Waals surface area contributed by atoms with Crippen LogP contribution in [0, 0.1) is 0 Å². The average molecular weight is 817 g/mol. The number of nitrogens with zero attached hydrogens (tertiary/aromatic N) is 3. The smallest absolute Gasteiger partial charge is 0.236 e. The van der Waals surface area contributed by atoms with Crippen LogP contribution in [0.3, 0.4) is 0 Å². The molecule has 5 amide bonds. The van der Waals surface area contributed by atoms with Gasteiger partial charge in [-0.2, -0.15) is 0 Å². The molecule has 0 bridgehead atoms. The van der Waals surface area contributed by atoms with Gasteiger partial charge in [-0.3, -0.25) is 24.0 Å². The van der Waals surface area contributed by atoms with Gasteiger partial charge in [0.05, 0.1) is 12.1 Å². The highest BCUT2D eigenvalue weighted by atomic mass is 16.2. The predicted octanol–water partition coefficient (Wildman–Crippen LogP) is 5.48. The summed E-state index contributed by atoms with van der Waals surface area (Å²) < 4.78 is 0. The maximum atomic E-state index is 13.5. The lowest BCUT2D eigenvalue weighted by molar-refractivity contribution is -0.133. The van der Waals surface area contributed by atoms with Gasteiger partial charge in [-0.1, -0.05) is 77.0 Å². The largest absolute Gasteiger partial charge is 0.355 e. The van der Waals surface area contributed by atoms with Gasteiger partial charge in [0, 0.05) is 71.6 Å². The minimum atomic E-state index is -0.587. The fourth-order valence-electron chi connectivity index (χ4n) is 6.34. The number of hydrogen-bond donors (Lipinski definition) is 5. The number of nitrogens with two attached hydrogens (primary N) is 3. The SMILES string of the molecule is CC/C=C\CCC(=O)N(CCCCN(CCCN(CCCNC(=O)[C@@H](N)CCCC)C(=O)CC/C=C\CC)C(=O)CC/C=C\CC)CCCNC(=O)[C@@H](N)CCCN. The molecule has 334 valence electrons. The number of unbranched alkanes of at least 4 members (excludes halogenated alkanes) is 2. The second kappa shape index (κ2) is 37.7. The molecule has 58 heavy (non-hydrogen) atoms. The van der Waals surface area contributed by atoms with Crippen LogP contribution in [0.5, 0.6) is 0 Å². The first-order chi connectivity index (χ1) is 28.1. The Bertz CT molecular complexity index is 1190. The second-order valence-electron chi connectivity index (χ2n) is 15.0. The summed E-state index contributed by atoms with van der Waals surface area (Å²) >= 11 is 0. The molecular weight excluding hydrogens is 733 g/mol. The van der Waals surface area contributed by atoms with E-state index in [4.69, 9.17) is 17.2 Å². The average Bonchev–Trinajstić information content (AvgIpc) is 3.22. The number of amides is 5. The molecule has 0 heterocycles. The summed E-state index contributed by atoms with van der Waals surface area (Å²) in [5.74, 6) is -0.121. The molecule has 0 fully saturated rings. The summed E-state index contributed by atoms with van der Waals surface area (Å²) in [5, 5.41) is 5.82. The molecule has 0 unspecified atom stereocenters. The molecule has 0 spiro atoms. The number of rotatable bonds is 37. The van der Waals surface area contributed by atoms with Crippen molar-refractivity contribution in [2.24, 2.45) is 17.2 Å². The molecule has 0 radical (unpaired) electrons. The van der Waals surface area contributed by atoms with Gasteiger partial charge >= 0.3 is 0 Å². The van der Waals surface area contributed by atoms with Gasteiger partial charge in [-0.15, -0.1) is 0 Å². The normalized spacial score (nSPS) is 12.6. The lowest BCUT2D eigenvalue weighted by Crippen LogP contribution is -2.42. The van der Waals surface area contributed by atoms with Crippen LogP contribution < -0.4 is 27.8 Å². The highest BCUT2D eigenvalue weighted by Gasteiger charge is 2.19. The van der Waals surface area contributed by atoms with E-state index in [-0.39, 0.29) is 29.5 Å². The third-order valence-electron chi connectivity index (χ3n) is 9.87. The maximum absolute atomic E-state index is 13.5. The Hall–Kier alpha value is -3.55. The van der Waals surface area contributed by atoms with Gasteiger partial charge in [-0.05, 0) is 96.4 Å². The number of carbonyl (C=O) groups excluding carboxylic acids is 5. The molecule has 0 aliphatic carbocycles. The quantitative estimate of drug-likeness (QED) is 0.0402. The van der Waals surface area contributed by atoms with Crippen molar-refractivity contribution in [2.75, 3.05) is 58.9 Å². The van der Waals surface area contributed by atoms with E-state index in [2.05, 4.69) is 56.6 Å². The minimum Gasteiger partial charge on any atom is -0.355 e. The van der Waals surface area contributed by atoms with Crippen LogP contribution in [-0.4, -0.2) is 115 Å². The molecule has 0 aliphatic heterocycles. The zero-order chi connectivity index (χ0) is 43.2. The fraction of sp³-hybridized carbons (Fsp3) is 0.756. The Morgan fingerprint density at radius 2 is 0.828 bits per heavy atom. The zero-order valence-electron chi connectivity index (χ0n) is 37.0. The molecule has 0 aromatic heterocycles. The minimum absolute atomic E-state index is 0.0678. The predicted molar refractivity (Wildman–Crippen MR) is 239 cm³/mol. The van der Waals surface area contributed by atoms with Crippen molar-refractivity contribution in [3.05, 3.63) is 36.5 Å². The first-order valence-corrected chi connectivity index (χ1v) is 22.6. The van der Waals surface area contributed by atoms with E-state index in [0.717, 1.165) is 44.9 Å². The number of nitrogens with one attached hydrogen (secondary N) is 2. The summed E-state index contributed by atoms with van der Waals surface area (Å²) in [6.45, 7) is 12.8. The first kappa shape index (κ1) is 54.5. The van der Waals surface area contributed by atoms with Crippen LogP contribution in [0.1, 0.15) is 150 Å². The van der Waals surface area contributed by atoms with Gasteiger partial charge in [0.2, 0.25) is 29.5 Å². The van der Waals surface area contributed by atoms with E-state index in [0.29, 0.717) is 136 Å². The summed E-state index contributed by atoms with van der Waals surface area (Å²) in [5.41, 5.74) is 17.6. The highest BCUT2D eigenvalue weighted by Crippen LogP contribution is 2.10. The lowest BCUT2D eigenvalue weighted by atomic mass is 10.1. The van der Waals surface area contributed by atoms with Gasteiger partial charge in [0.25, 0.3) is 0 Å². The summed E-state index contributed by atoms with van der Waals surface area (Å²) in [4.78, 5) is 70.5. The Balaban J connectivity index is 5.52. The third-order valence-corrected chi connectivity index (χ3v) is 9.87. The molecule has 0 aliphatic rings. The Morgan fingerprint density at radius 1 is 0.483 bits per heavy atom. The van der Waals surface area contributed by atoms with Crippen LogP contribution in [0.4, 0.5) is 0 Å². The van der Waals surface area contributed by atoms with Crippen LogP contribution in [0.25, 0.3) is 0 Å². The number of hydrogen-bond acceptors (Lipinski definition) is 8. The van der Waals surface area contributed by atoms with Crippen molar-refractivity contribution in [3.63, 3.8) is 0 Å². The standard InChI is InChI=1S/C45H84N8O5/c1-5-9-13-16-27-41(54)51(35-22-31-50-45(58)40(48)26-21-30-46)33-19-20-34-52(42(55)28-17-14-10-6-2)37-24-38-53(43(56)29-18-15-11-7-3)36-23-32-49-44(57)39(47)25-12-8-4/h9-11,13-15,39-40H,5-8,12,16-38,46-48H2,1-4H3,(H,49,57)(H,50,58)/b13-9-,14-10-,15-11-/t39-,40-/m0/s1. The highest BCUT2D eigenvalue weighted by molar-refractivity contribution is 5.82. The van der Waals surface area contributed by atoms with Crippen LogP contribution in [-0.2, 0) is 24.0 Å². The molecule has 0 rings (SSSR count). The second-order valence-corrected chi connectivity index (χ2v) is 15.0. The summed E-state index contributed by atoms with van der Waals surface area (Å²) in [7, 11) is 0. The fourth-order valence-corrected chi connectivity index (χ4v) is 6.34. The molecule has 8 N–H and O–H groups in total. The van der Waals surface area contributed by atoms with Crippen molar-refractivity contribution >= 4 is 29.5 Å². The van der Waals surface area contributed by atoms with Crippen molar-refractivity contribution < 1.29 is 24.0 Å². The lowest BCUT2D eigenvalue weighted by Gasteiger charge is -2.27. The van der Waals surface area contributed by atoms with Gasteiger partial charge in [-0.25, -0.2) is 0 Å². The monoisotopic (exact) mass is 817 g/mol. The van der Waals surface area contributed by atoms with Crippen LogP contribution in [0.15, 0.2) is 36.5 Å². The molecule has 13 heteroatoms. The van der Waals surface area contributed by atoms with E-state index in [1.165, 1.54) is 0 Å². The summed E-state index contributed by atoms with van der Waals surface area (Å²) in [6, 6.07) is -1.10. The van der Waals surface area contributed by atoms with E-state index in [1.807, 2.05) is 32.9 Å². The molecular formula is C45H84N8O5. The Morgan fingerprint density at radius 3 is 1.17 bits per heavy atom. The molecule has 0 saturated carbocycles. The van der Waals surface area contributed by atoms with E-state index >= 15 is 0 Å². The number of allylic oxidation sites excluding steroid dienone is 6. The van der Waals surface area contributed by atoms with Crippen LogP contribution in [0.2, 0.25) is 0 Å². The van der Waals surface area contributed by atoms with Crippen molar-refractivity contribution in [2.45, 2.75) is 162 Å². The number of carbonyl (C=O) groups is 5. The zero-order valence-corrected chi connectivity index (χ0v) is 37.0. The van der Waals surface area contributed by atoms with E-state index < -0.39 is 12.1 Å². The summed E-state index contributed by atoms with van der Waals surface area (Å²) in [6.07, 6.45) is 25.5. The van der Waals surface area contributed by atoms with Crippen molar-refractivity contribution in [1.82, 2.24) is 25.3 Å². The van der Waals surface area contributed by atoms with Gasteiger partial charge in [0.1, 0.15) is 0 Å². The maximum Gasteiger partial charge on any atom is 0.236 e. The molecule has 2 atom stereocenters. The molecule has 13 nitrogen and oxygen atoms in total. The molecule has 0 aromatic carbocycles. The topological polar surface area (TPSA) is 197 Å². The van der Waals surface area contributed by atoms with E-state index in [9.17, 15) is 24.0 Å². The van der Waals surface area contributed by atoms with Crippen molar-refractivity contribution in [3.8, 4) is 0 Å². The van der Waals surface area contributed by atoms with E-state index in [1.54, 1.807) is 0 Å². The van der Waals surface area contributed by atoms with Gasteiger partial charge in [0.15, 0.2) is 0 Å². The molecule has 0 saturated heterocycles. The van der Waals surface area contributed by atoms with Crippen molar-refractivity contribution in [1.29, 1.82) is 0 Å². The Labute approximate surface area is 352 Å². The third kappa shape index (κ3) is 28.8. The molecule has 0 aromatic rings. The Kier molecular flexibility index (Phi) is 35.4.